The van der Waals surface area contributed by atoms with Crippen LogP contribution in [0, 0.1) is 0 Å². The van der Waals surface area contributed by atoms with Crippen LogP contribution in [-0.4, -0.2) is 123 Å². The molecule has 384 valence electrons. The number of aliphatic hydroxyl groups excluding tert-OH is 1. The summed E-state index contributed by atoms with van der Waals surface area (Å²) in [6, 6.07) is 6.83. The van der Waals surface area contributed by atoms with Gasteiger partial charge in [-0.3, -0.25) is 38.5 Å². The van der Waals surface area contributed by atoms with Gasteiger partial charge in [-0.05, 0) is 62.9 Å². The maximum absolute atomic E-state index is 13.2. The summed E-state index contributed by atoms with van der Waals surface area (Å²) in [7, 11) is 1.00. The molecule has 1 unspecified atom stereocenters. The highest BCUT2D eigenvalue weighted by atomic mass is 32.1. The lowest BCUT2D eigenvalue weighted by molar-refractivity contribution is -0.137. The van der Waals surface area contributed by atoms with Crippen LogP contribution in [0.25, 0.3) is 11.2 Å². The van der Waals surface area contributed by atoms with Crippen LogP contribution >= 0.6 is 11.3 Å². The molecule has 1 aliphatic rings. The van der Waals surface area contributed by atoms with Gasteiger partial charge < -0.3 is 59.0 Å². The molecule has 0 fully saturated rings. The highest BCUT2D eigenvalue weighted by Gasteiger charge is 2.23. The molecule has 3 aromatic heterocycles. The SMILES string of the molecule is C=O.CC(NC(=O)CNC(=O)CCCCCN1C(=O)C=CC1=O)C(=O)Nc1ccc(C(=O)NCCCCNC(=O)c2ccc(NCc3cnc4nc(N)nc(N)c4n3)s2)c(/C(N)=N/NN)c1.CCC.CO. The number of hydrazine groups is 1. The number of carbonyl (C=O) groups is 8. The van der Waals surface area contributed by atoms with Gasteiger partial charge in [0.15, 0.2) is 22.8 Å². The van der Waals surface area contributed by atoms with E-state index in [1.54, 1.807) is 18.3 Å². The summed E-state index contributed by atoms with van der Waals surface area (Å²) < 4.78 is 0. The Bertz CT molecular complexity index is 2480. The number of benzene rings is 1. The Morgan fingerprint density at radius 3 is 2.17 bits per heavy atom. The van der Waals surface area contributed by atoms with E-state index < -0.39 is 23.8 Å². The molecule has 1 aliphatic heterocycles. The zero-order valence-electron chi connectivity index (χ0n) is 40.0. The molecule has 0 spiro atoms. The molecule has 5 rings (SSSR count). The Morgan fingerprint density at radius 2 is 1.51 bits per heavy atom. The van der Waals surface area contributed by atoms with E-state index in [4.69, 9.17) is 32.9 Å². The van der Waals surface area contributed by atoms with Gasteiger partial charge in [-0.25, -0.2) is 21.3 Å². The first kappa shape index (κ1) is 59.0. The van der Waals surface area contributed by atoms with Crippen molar-refractivity contribution in [2.75, 3.05) is 55.4 Å². The molecular formula is C44H63N17O9S. The second kappa shape index (κ2) is 31.8. The lowest BCUT2D eigenvalue weighted by Crippen LogP contribution is -2.45. The molecule has 1 atom stereocenters. The topological polar surface area (TPSA) is 412 Å². The molecule has 71 heavy (non-hydrogen) atoms. The number of unbranched alkanes of at least 4 members (excludes halogenated alkanes) is 3. The zero-order chi connectivity index (χ0) is 52.9. The smallest absolute Gasteiger partial charge is 0.261 e. The van der Waals surface area contributed by atoms with Crippen molar-refractivity contribution in [1.29, 1.82) is 0 Å². The van der Waals surface area contributed by atoms with E-state index in [2.05, 4.69) is 76.3 Å². The number of nitrogens with two attached hydrogens (primary N) is 4. The molecule has 7 amide bonds. The average molecular weight is 1010 g/mol. The van der Waals surface area contributed by atoms with E-state index in [0.29, 0.717) is 66.9 Å². The fourth-order valence-corrected chi connectivity index (χ4v) is 6.88. The summed E-state index contributed by atoms with van der Waals surface area (Å²) in [5.74, 6) is 2.34. The number of fused-ring (bicyclic) bond motifs is 1. The summed E-state index contributed by atoms with van der Waals surface area (Å²) in [6.07, 6.45) is 8.11. The number of carbonyl (C=O) groups excluding carboxylic acids is 8. The van der Waals surface area contributed by atoms with Crippen molar-refractivity contribution in [1.82, 2.24) is 51.6 Å². The molecule has 0 bridgehead atoms. The van der Waals surface area contributed by atoms with E-state index in [0.717, 1.165) is 17.0 Å². The Labute approximate surface area is 413 Å². The number of amides is 7. The van der Waals surface area contributed by atoms with E-state index in [9.17, 15) is 33.6 Å². The number of aliphatic hydroxyl groups is 1. The van der Waals surface area contributed by atoms with Gasteiger partial charge >= 0.3 is 0 Å². The molecule has 16 N–H and O–H groups in total. The van der Waals surface area contributed by atoms with Crippen LogP contribution < -0.4 is 60.5 Å². The first-order valence-electron chi connectivity index (χ1n) is 22.2. The minimum absolute atomic E-state index is 0.00995. The average Bonchev–Trinajstić information content (AvgIpc) is 3.97. The standard InChI is InChI=1S/C39H49N17O7S.C3H8.CH4O.CH2O/c1-21(49-28(58)20-46-27(57)7-3-2-6-16-56-30(59)12-13-31(56)60)36(61)51-22-8-9-24(25(17-22)33(40)54-55-43)37(62)44-14-4-5-15-45-38(63)26-10-11-29(64-26)47-18-23-19-48-35-32(50-23)34(41)52-39(42)53-35;1-3-2;2*1-2/h8-13,17,19,21,47,55H,2-7,14-16,18,20,43H2,1H3,(H2,40,54)(H,44,62)(H,45,63)(H,46,57)(H,49,58)(H,51,61)(H4,41,42,48,52,53);3H2,1-2H3;2H,1H3;1H2. The lowest BCUT2D eigenvalue weighted by atomic mass is 10.0. The molecular weight excluding hydrogens is 943 g/mol. The number of rotatable bonds is 23. The zero-order valence-corrected chi connectivity index (χ0v) is 40.8. The first-order chi connectivity index (χ1) is 34.1. The first-order valence-corrected chi connectivity index (χ1v) is 23.0. The van der Waals surface area contributed by atoms with Crippen molar-refractivity contribution in [3.05, 3.63) is 70.4 Å². The molecule has 4 heterocycles. The van der Waals surface area contributed by atoms with Gasteiger partial charge in [0.25, 0.3) is 23.6 Å². The molecule has 0 aliphatic carbocycles. The Morgan fingerprint density at radius 1 is 0.845 bits per heavy atom. The number of nitrogens with one attached hydrogen (secondary N) is 7. The summed E-state index contributed by atoms with van der Waals surface area (Å²) in [4.78, 5) is 113. The van der Waals surface area contributed by atoms with Gasteiger partial charge in [-0.1, -0.05) is 26.7 Å². The Balaban J connectivity index is 0.00000235. The molecule has 27 heteroatoms. The van der Waals surface area contributed by atoms with Crippen molar-refractivity contribution in [3.63, 3.8) is 0 Å². The number of hydrogen-bond acceptors (Lipinski definition) is 20. The van der Waals surface area contributed by atoms with Crippen molar-refractivity contribution >= 4 is 98.9 Å². The number of amidine groups is 1. The third kappa shape index (κ3) is 19.8. The maximum atomic E-state index is 13.2. The van der Waals surface area contributed by atoms with Gasteiger partial charge in [0, 0.05) is 56.6 Å². The minimum atomic E-state index is -1.01. The quantitative estimate of drug-likeness (QED) is 0.0118. The Kier molecular flexibility index (Phi) is 26.4. The second-order valence-electron chi connectivity index (χ2n) is 14.9. The van der Waals surface area contributed by atoms with Crippen molar-refractivity contribution in [3.8, 4) is 0 Å². The van der Waals surface area contributed by atoms with E-state index >= 15 is 0 Å². The second-order valence-corrected chi connectivity index (χ2v) is 15.9. The monoisotopic (exact) mass is 1010 g/mol. The van der Waals surface area contributed by atoms with Crippen LogP contribution in [0.2, 0.25) is 0 Å². The van der Waals surface area contributed by atoms with Crippen LogP contribution in [0.1, 0.15) is 97.0 Å². The number of nitrogen functional groups attached to an aromatic ring is 2. The van der Waals surface area contributed by atoms with Gasteiger partial charge in [0.2, 0.25) is 23.7 Å². The van der Waals surface area contributed by atoms with Gasteiger partial charge in [0.05, 0.1) is 40.4 Å². The summed E-state index contributed by atoms with van der Waals surface area (Å²) in [5, 5.41) is 28.1. The fraction of sp³-hybridized carbons (Fsp3) is 0.386. The summed E-state index contributed by atoms with van der Waals surface area (Å²) in [5.41, 5.74) is 21.5. The fourth-order valence-electron chi connectivity index (χ4n) is 6.06. The van der Waals surface area contributed by atoms with Crippen molar-refractivity contribution in [2.24, 2.45) is 16.7 Å². The van der Waals surface area contributed by atoms with E-state index in [1.165, 1.54) is 55.0 Å². The number of nitrogens with zero attached hydrogens (tertiary/aromatic N) is 6. The van der Waals surface area contributed by atoms with Crippen LogP contribution in [0.15, 0.2) is 53.8 Å². The summed E-state index contributed by atoms with van der Waals surface area (Å²) in [6.45, 7) is 8.57. The van der Waals surface area contributed by atoms with Crippen molar-refractivity contribution < 1.29 is 43.5 Å². The highest BCUT2D eigenvalue weighted by molar-refractivity contribution is 7.17. The summed E-state index contributed by atoms with van der Waals surface area (Å²) >= 11 is 1.27. The number of aromatic nitrogens is 4. The normalized spacial score (nSPS) is 11.9. The molecule has 4 aromatic rings. The van der Waals surface area contributed by atoms with Crippen LogP contribution in [0.3, 0.4) is 0 Å². The number of thiophene rings is 1. The molecule has 0 saturated carbocycles. The highest BCUT2D eigenvalue weighted by Crippen LogP contribution is 2.23. The molecule has 0 saturated heterocycles. The number of hydrogen-bond donors (Lipinski definition) is 12. The number of hydrazone groups is 1. The molecule has 0 radical (unpaired) electrons. The lowest BCUT2D eigenvalue weighted by Gasteiger charge is -2.16. The van der Waals surface area contributed by atoms with Gasteiger partial charge in [-0.2, -0.15) is 9.97 Å². The van der Waals surface area contributed by atoms with E-state index in [-0.39, 0.29) is 84.1 Å². The van der Waals surface area contributed by atoms with Gasteiger partial charge in [-0.15, -0.1) is 16.4 Å². The predicted molar refractivity (Wildman–Crippen MR) is 269 cm³/mol. The molecule has 26 nitrogen and oxygen atoms in total. The largest absolute Gasteiger partial charge is 0.400 e. The van der Waals surface area contributed by atoms with E-state index in [1.807, 2.05) is 6.79 Å². The maximum Gasteiger partial charge on any atom is 0.261 e. The minimum Gasteiger partial charge on any atom is -0.400 e. The third-order valence-electron chi connectivity index (χ3n) is 9.35. The molecule has 1 aromatic carbocycles. The van der Waals surface area contributed by atoms with Crippen molar-refractivity contribution in [2.45, 2.75) is 78.3 Å². The predicted octanol–water partition coefficient (Wildman–Crippen LogP) is 0.166. The van der Waals surface area contributed by atoms with Crippen LogP contribution in [0.4, 0.5) is 22.5 Å². The number of imide groups is 1. The van der Waals surface area contributed by atoms with Gasteiger partial charge in [0.1, 0.15) is 12.8 Å². The Hall–Kier alpha value is -8.17. The van der Waals surface area contributed by atoms with Crippen LogP contribution in [0.5, 0.6) is 0 Å². The number of anilines is 4. The third-order valence-corrected chi connectivity index (χ3v) is 10.4. The van der Waals surface area contributed by atoms with Crippen LogP contribution in [-0.2, 0) is 35.3 Å².